The molecule has 3 aromatic heterocycles. The summed E-state index contributed by atoms with van der Waals surface area (Å²) in [6.45, 7) is 4.12. The lowest BCUT2D eigenvalue weighted by molar-refractivity contribution is 0.102. The molecule has 1 N–H and O–H groups in total. The van der Waals surface area contributed by atoms with E-state index in [2.05, 4.69) is 40.8 Å². The van der Waals surface area contributed by atoms with Gasteiger partial charge in [-0.2, -0.15) is 0 Å². The molecule has 4 rings (SSSR count). The molecule has 0 radical (unpaired) electrons. The van der Waals surface area contributed by atoms with Gasteiger partial charge in [0.05, 0.1) is 10.2 Å². The molecule has 4 aromatic rings. The van der Waals surface area contributed by atoms with Crippen molar-refractivity contribution in [2.45, 2.75) is 13.8 Å². The number of hydrogen-bond acceptors (Lipinski definition) is 4. The Morgan fingerprint density at radius 1 is 1.04 bits per heavy atom. The number of thiazole rings is 1. The SMILES string of the molecule is Cc1ccc(C)n1-c1nc2ccc(C(=O)Nc3ccncc3)cc2s1. The van der Waals surface area contributed by atoms with E-state index in [9.17, 15) is 4.79 Å². The minimum Gasteiger partial charge on any atom is -0.322 e. The van der Waals surface area contributed by atoms with E-state index in [4.69, 9.17) is 4.98 Å². The molecular formula is C19H16N4OS. The molecule has 5 nitrogen and oxygen atoms in total. The Labute approximate surface area is 149 Å². The summed E-state index contributed by atoms with van der Waals surface area (Å²) >= 11 is 1.58. The van der Waals surface area contributed by atoms with E-state index in [1.54, 1.807) is 41.9 Å². The molecule has 6 heteroatoms. The summed E-state index contributed by atoms with van der Waals surface area (Å²) in [6, 6.07) is 13.3. The van der Waals surface area contributed by atoms with Crippen molar-refractivity contribution in [1.82, 2.24) is 14.5 Å². The number of benzene rings is 1. The van der Waals surface area contributed by atoms with E-state index >= 15 is 0 Å². The minimum atomic E-state index is -0.142. The van der Waals surface area contributed by atoms with Crippen LogP contribution in [0.1, 0.15) is 21.7 Å². The van der Waals surface area contributed by atoms with Crippen LogP contribution < -0.4 is 5.32 Å². The Balaban J connectivity index is 1.68. The topological polar surface area (TPSA) is 59.8 Å². The van der Waals surface area contributed by atoms with Gasteiger partial charge in [0, 0.05) is 35.0 Å². The summed E-state index contributed by atoms with van der Waals surface area (Å²) in [5.41, 5.74) is 4.52. The number of nitrogens with one attached hydrogen (secondary N) is 1. The maximum atomic E-state index is 12.4. The molecule has 1 amide bonds. The minimum absolute atomic E-state index is 0.142. The van der Waals surface area contributed by atoms with Crippen molar-refractivity contribution >= 4 is 33.1 Å². The van der Waals surface area contributed by atoms with Crippen molar-refractivity contribution in [3.05, 3.63) is 71.8 Å². The number of carbonyl (C=O) groups is 1. The third kappa shape index (κ3) is 2.92. The highest BCUT2D eigenvalue weighted by Gasteiger charge is 2.12. The molecule has 0 bridgehead atoms. The molecule has 3 heterocycles. The van der Waals surface area contributed by atoms with E-state index in [1.807, 2.05) is 12.1 Å². The van der Waals surface area contributed by atoms with Gasteiger partial charge < -0.3 is 5.32 Å². The normalized spacial score (nSPS) is 11.0. The highest BCUT2D eigenvalue weighted by Crippen LogP contribution is 2.28. The molecule has 1 aromatic carbocycles. The number of pyridine rings is 1. The van der Waals surface area contributed by atoms with Gasteiger partial charge in [0.15, 0.2) is 5.13 Å². The molecule has 0 spiro atoms. The van der Waals surface area contributed by atoms with Crippen LogP contribution in [0.2, 0.25) is 0 Å². The van der Waals surface area contributed by atoms with Gasteiger partial charge in [-0.3, -0.25) is 14.3 Å². The molecule has 0 fully saturated rings. The first-order chi connectivity index (χ1) is 12.1. The lowest BCUT2D eigenvalue weighted by atomic mass is 10.2. The standard InChI is InChI=1S/C19H16N4OS/c1-12-3-4-13(2)23(12)19-22-16-6-5-14(11-17(16)25-19)18(24)21-15-7-9-20-10-8-15/h3-11H,1-2H3,(H,20,21,24). The average molecular weight is 348 g/mol. The third-order valence-electron chi connectivity index (χ3n) is 4.04. The fraction of sp³-hybridized carbons (Fsp3) is 0.105. The summed E-state index contributed by atoms with van der Waals surface area (Å²) in [6.07, 6.45) is 3.30. The van der Waals surface area contributed by atoms with Crippen LogP contribution in [-0.4, -0.2) is 20.4 Å². The Hall–Kier alpha value is -2.99. The van der Waals surface area contributed by atoms with Gasteiger partial charge in [-0.15, -0.1) is 0 Å². The van der Waals surface area contributed by atoms with Crippen molar-refractivity contribution in [2.75, 3.05) is 5.32 Å². The second kappa shape index (κ2) is 6.14. The molecule has 0 saturated heterocycles. The van der Waals surface area contributed by atoms with Crippen molar-refractivity contribution in [3.63, 3.8) is 0 Å². The zero-order chi connectivity index (χ0) is 17.4. The predicted molar refractivity (Wildman–Crippen MR) is 101 cm³/mol. The molecule has 0 aliphatic carbocycles. The highest BCUT2D eigenvalue weighted by atomic mass is 32.1. The maximum Gasteiger partial charge on any atom is 0.255 e. The zero-order valence-electron chi connectivity index (χ0n) is 13.9. The highest BCUT2D eigenvalue weighted by molar-refractivity contribution is 7.20. The first-order valence-electron chi connectivity index (χ1n) is 7.89. The number of aryl methyl sites for hydroxylation is 2. The number of hydrogen-bond donors (Lipinski definition) is 1. The van der Waals surface area contributed by atoms with Gasteiger partial charge in [0.25, 0.3) is 5.91 Å². The van der Waals surface area contributed by atoms with E-state index < -0.39 is 0 Å². The van der Waals surface area contributed by atoms with E-state index in [1.165, 1.54) is 0 Å². The van der Waals surface area contributed by atoms with E-state index in [0.29, 0.717) is 5.56 Å². The monoisotopic (exact) mass is 348 g/mol. The van der Waals surface area contributed by atoms with E-state index in [0.717, 1.165) is 32.4 Å². The first-order valence-corrected chi connectivity index (χ1v) is 8.71. The number of anilines is 1. The summed E-state index contributed by atoms with van der Waals surface area (Å²) < 4.78 is 3.12. The predicted octanol–water partition coefficient (Wildman–Crippen LogP) is 4.35. The van der Waals surface area contributed by atoms with Gasteiger partial charge in [-0.1, -0.05) is 11.3 Å². The summed E-state index contributed by atoms with van der Waals surface area (Å²) in [5.74, 6) is -0.142. The van der Waals surface area contributed by atoms with Crippen LogP contribution in [0.25, 0.3) is 15.3 Å². The second-order valence-corrected chi connectivity index (χ2v) is 6.83. The number of fused-ring (bicyclic) bond motifs is 1. The largest absolute Gasteiger partial charge is 0.322 e. The Morgan fingerprint density at radius 2 is 1.76 bits per heavy atom. The molecule has 124 valence electrons. The second-order valence-electron chi connectivity index (χ2n) is 5.82. The van der Waals surface area contributed by atoms with Gasteiger partial charge >= 0.3 is 0 Å². The lowest BCUT2D eigenvalue weighted by Gasteiger charge is -2.04. The Bertz CT molecular complexity index is 1050. The lowest BCUT2D eigenvalue weighted by Crippen LogP contribution is -2.11. The van der Waals surface area contributed by atoms with Crippen LogP contribution in [0.15, 0.2) is 54.9 Å². The smallest absolute Gasteiger partial charge is 0.255 e. The number of rotatable bonds is 3. The van der Waals surface area contributed by atoms with Gasteiger partial charge in [0.1, 0.15) is 0 Å². The molecule has 0 aliphatic heterocycles. The van der Waals surface area contributed by atoms with Crippen LogP contribution >= 0.6 is 11.3 Å². The van der Waals surface area contributed by atoms with Crippen molar-refractivity contribution in [1.29, 1.82) is 0 Å². The number of carbonyl (C=O) groups excluding carboxylic acids is 1. The Morgan fingerprint density at radius 3 is 2.48 bits per heavy atom. The summed E-state index contributed by atoms with van der Waals surface area (Å²) in [5, 5.41) is 3.79. The summed E-state index contributed by atoms with van der Waals surface area (Å²) in [4.78, 5) is 21.1. The van der Waals surface area contributed by atoms with Gasteiger partial charge in [-0.05, 0) is 56.3 Å². The van der Waals surface area contributed by atoms with Crippen molar-refractivity contribution < 1.29 is 4.79 Å². The fourth-order valence-electron chi connectivity index (χ4n) is 2.76. The van der Waals surface area contributed by atoms with Crippen molar-refractivity contribution in [3.8, 4) is 5.13 Å². The third-order valence-corrected chi connectivity index (χ3v) is 5.04. The van der Waals surface area contributed by atoms with Crippen LogP contribution in [0.3, 0.4) is 0 Å². The quantitative estimate of drug-likeness (QED) is 0.599. The van der Waals surface area contributed by atoms with Crippen LogP contribution in [0.5, 0.6) is 0 Å². The fourth-order valence-corrected chi connectivity index (χ4v) is 3.88. The number of nitrogens with zero attached hydrogens (tertiary/aromatic N) is 3. The zero-order valence-corrected chi connectivity index (χ0v) is 14.7. The molecule has 0 saturated carbocycles. The van der Waals surface area contributed by atoms with Gasteiger partial charge in [0.2, 0.25) is 0 Å². The maximum absolute atomic E-state index is 12.4. The van der Waals surface area contributed by atoms with Crippen molar-refractivity contribution in [2.24, 2.45) is 0 Å². The summed E-state index contributed by atoms with van der Waals surface area (Å²) in [7, 11) is 0. The average Bonchev–Trinajstić information content (AvgIpc) is 3.17. The number of aromatic nitrogens is 3. The van der Waals surface area contributed by atoms with E-state index in [-0.39, 0.29) is 5.91 Å². The molecule has 0 aliphatic rings. The molecule has 25 heavy (non-hydrogen) atoms. The van der Waals surface area contributed by atoms with Crippen LogP contribution in [0, 0.1) is 13.8 Å². The Kier molecular flexibility index (Phi) is 3.82. The molecule has 0 unspecified atom stereocenters. The molecular weight excluding hydrogens is 332 g/mol. The van der Waals surface area contributed by atoms with Gasteiger partial charge in [-0.25, -0.2) is 4.98 Å². The van der Waals surface area contributed by atoms with Crippen LogP contribution in [0.4, 0.5) is 5.69 Å². The number of amides is 1. The molecule has 0 atom stereocenters. The van der Waals surface area contributed by atoms with Crippen LogP contribution in [-0.2, 0) is 0 Å². The first kappa shape index (κ1) is 15.5.